The maximum atomic E-state index is 5.25. The number of ether oxygens (including phenoxy) is 1. The lowest BCUT2D eigenvalue weighted by molar-refractivity contribution is 0.152. The molecular formula is C15H22BrNO. The van der Waals surface area contributed by atoms with Crippen molar-refractivity contribution in [3.63, 3.8) is 0 Å². The maximum Gasteiger partial charge on any atom is 0.133 e. The number of benzene rings is 1. The van der Waals surface area contributed by atoms with Crippen molar-refractivity contribution < 1.29 is 4.74 Å². The lowest BCUT2D eigenvalue weighted by atomic mass is 9.70. The average Bonchev–Trinajstić information content (AvgIpc) is 2.33. The molecule has 0 spiro atoms. The topological polar surface area (TPSA) is 21.3 Å². The van der Waals surface area contributed by atoms with Gasteiger partial charge in [0.1, 0.15) is 5.75 Å². The zero-order chi connectivity index (χ0) is 13.2. The molecule has 1 atom stereocenters. The van der Waals surface area contributed by atoms with Crippen LogP contribution in [0, 0.1) is 5.41 Å². The summed E-state index contributed by atoms with van der Waals surface area (Å²) in [6.45, 7) is 5.70. The van der Waals surface area contributed by atoms with Crippen molar-refractivity contribution in [2.75, 3.05) is 13.7 Å². The molecule has 1 N–H and O–H groups in total. The van der Waals surface area contributed by atoms with Crippen LogP contribution in [-0.4, -0.2) is 13.7 Å². The molecule has 1 unspecified atom stereocenters. The highest BCUT2D eigenvalue weighted by molar-refractivity contribution is 9.10. The molecule has 2 nitrogen and oxygen atoms in total. The van der Waals surface area contributed by atoms with Crippen LogP contribution in [0.4, 0.5) is 0 Å². The fourth-order valence-electron chi connectivity index (χ4n) is 2.43. The van der Waals surface area contributed by atoms with Crippen molar-refractivity contribution in [2.45, 2.75) is 39.2 Å². The van der Waals surface area contributed by atoms with E-state index in [1.165, 1.54) is 24.8 Å². The van der Waals surface area contributed by atoms with E-state index in [0.29, 0.717) is 11.5 Å². The molecule has 0 aromatic heterocycles. The van der Waals surface area contributed by atoms with Crippen molar-refractivity contribution in [3.8, 4) is 5.75 Å². The first-order valence-corrected chi connectivity index (χ1v) is 7.40. The van der Waals surface area contributed by atoms with E-state index in [4.69, 9.17) is 4.74 Å². The standard InChI is InChI=1S/C15H22BrNO/c1-11(17-10-15(2)7-4-8-15)12-5-6-14(18-3)13(16)9-12/h5-6,9,11,17H,4,7-8,10H2,1-3H3. The predicted molar refractivity (Wildman–Crippen MR) is 79.1 cm³/mol. The fraction of sp³-hybridized carbons (Fsp3) is 0.600. The van der Waals surface area contributed by atoms with Gasteiger partial charge >= 0.3 is 0 Å². The summed E-state index contributed by atoms with van der Waals surface area (Å²) in [5, 5.41) is 3.64. The van der Waals surface area contributed by atoms with Gasteiger partial charge in [0.25, 0.3) is 0 Å². The summed E-state index contributed by atoms with van der Waals surface area (Å²) < 4.78 is 6.27. The van der Waals surface area contributed by atoms with Crippen molar-refractivity contribution >= 4 is 15.9 Å². The number of halogens is 1. The van der Waals surface area contributed by atoms with Gasteiger partial charge in [0.15, 0.2) is 0 Å². The number of methoxy groups -OCH3 is 1. The Labute approximate surface area is 118 Å². The Bertz CT molecular complexity index is 415. The molecule has 3 heteroatoms. The first-order chi connectivity index (χ1) is 8.54. The number of hydrogen-bond acceptors (Lipinski definition) is 2. The molecule has 0 radical (unpaired) electrons. The monoisotopic (exact) mass is 311 g/mol. The molecule has 0 bridgehead atoms. The van der Waals surface area contributed by atoms with Gasteiger partial charge in [0, 0.05) is 12.6 Å². The normalized spacial score (nSPS) is 19.1. The van der Waals surface area contributed by atoms with Gasteiger partial charge in [0.05, 0.1) is 11.6 Å². The molecule has 1 aliphatic carbocycles. The van der Waals surface area contributed by atoms with Crippen LogP contribution in [0.5, 0.6) is 5.75 Å². The molecule has 0 amide bonds. The quantitative estimate of drug-likeness (QED) is 0.875. The zero-order valence-electron chi connectivity index (χ0n) is 11.4. The largest absolute Gasteiger partial charge is 0.496 e. The summed E-state index contributed by atoms with van der Waals surface area (Å²) in [6.07, 6.45) is 4.11. The summed E-state index contributed by atoms with van der Waals surface area (Å²) >= 11 is 3.54. The molecule has 1 aromatic carbocycles. The average molecular weight is 312 g/mol. The van der Waals surface area contributed by atoms with Gasteiger partial charge in [-0.1, -0.05) is 19.4 Å². The third kappa shape index (κ3) is 3.07. The molecule has 2 rings (SSSR count). The Morgan fingerprint density at radius 2 is 2.17 bits per heavy atom. The van der Waals surface area contributed by atoms with Crippen LogP contribution in [0.25, 0.3) is 0 Å². The smallest absolute Gasteiger partial charge is 0.133 e. The third-order valence-corrected chi connectivity index (χ3v) is 4.69. The number of hydrogen-bond donors (Lipinski definition) is 1. The molecule has 0 aliphatic heterocycles. The van der Waals surface area contributed by atoms with E-state index in [1.807, 2.05) is 6.07 Å². The van der Waals surface area contributed by atoms with Gasteiger partial charge in [-0.25, -0.2) is 0 Å². The van der Waals surface area contributed by atoms with E-state index in [2.05, 4.69) is 47.2 Å². The minimum Gasteiger partial charge on any atom is -0.496 e. The predicted octanol–water partition coefficient (Wildman–Crippen LogP) is 4.30. The Kier molecular flexibility index (Phi) is 4.33. The molecule has 1 aliphatic rings. The van der Waals surface area contributed by atoms with Crippen LogP contribution in [0.15, 0.2) is 22.7 Å². The van der Waals surface area contributed by atoms with Gasteiger partial charge in [-0.15, -0.1) is 0 Å². The minimum absolute atomic E-state index is 0.379. The van der Waals surface area contributed by atoms with E-state index in [-0.39, 0.29) is 0 Å². The highest BCUT2D eigenvalue weighted by atomic mass is 79.9. The Morgan fingerprint density at radius 1 is 1.44 bits per heavy atom. The van der Waals surface area contributed by atoms with Gasteiger partial charge in [-0.3, -0.25) is 0 Å². The van der Waals surface area contributed by atoms with Crippen LogP contribution < -0.4 is 10.1 Å². The van der Waals surface area contributed by atoms with Crippen LogP contribution >= 0.6 is 15.9 Å². The summed E-state index contributed by atoms with van der Waals surface area (Å²) in [4.78, 5) is 0. The van der Waals surface area contributed by atoms with E-state index < -0.39 is 0 Å². The number of nitrogens with one attached hydrogen (secondary N) is 1. The SMILES string of the molecule is COc1ccc(C(C)NCC2(C)CCC2)cc1Br. The second-order valence-electron chi connectivity index (χ2n) is 5.66. The van der Waals surface area contributed by atoms with Gasteiger partial charge in [-0.2, -0.15) is 0 Å². The third-order valence-electron chi connectivity index (χ3n) is 4.07. The lowest BCUT2D eigenvalue weighted by Crippen LogP contribution is -2.38. The van der Waals surface area contributed by atoms with Crippen molar-refractivity contribution in [2.24, 2.45) is 5.41 Å². The molecule has 0 heterocycles. The fourth-order valence-corrected chi connectivity index (χ4v) is 2.98. The molecular weight excluding hydrogens is 290 g/mol. The molecule has 100 valence electrons. The summed E-state index contributed by atoms with van der Waals surface area (Å²) in [7, 11) is 1.69. The Balaban J connectivity index is 1.95. The molecule has 1 aromatic rings. The van der Waals surface area contributed by atoms with Crippen LogP contribution in [0.1, 0.15) is 44.7 Å². The zero-order valence-corrected chi connectivity index (χ0v) is 13.0. The van der Waals surface area contributed by atoms with Gasteiger partial charge in [-0.05, 0) is 58.8 Å². The molecule has 1 saturated carbocycles. The van der Waals surface area contributed by atoms with E-state index >= 15 is 0 Å². The van der Waals surface area contributed by atoms with Crippen molar-refractivity contribution in [1.29, 1.82) is 0 Å². The van der Waals surface area contributed by atoms with E-state index in [1.54, 1.807) is 7.11 Å². The first-order valence-electron chi connectivity index (χ1n) is 6.61. The minimum atomic E-state index is 0.379. The van der Waals surface area contributed by atoms with Gasteiger partial charge < -0.3 is 10.1 Å². The van der Waals surface area contributed by atoms with Crippen molar-refractivity contribution in [3.05, 3.63) is 28.2 Å². The second-order valence-corrected chi connectivity index (χ2v) is 6.52. The molecule has 1 fully saturated rings. The van der Waals surface area contributed by atoms with Gasteiger partial charge in [0.2, 0.25) is 0 Å². The lowest BCUT2D eigenvalue weighted by Gasteiger charge is -2.39. The second kappa shape index (κ2) is 5.62. The number of rotatable bonds is 5. The summed E-state index contributed by atoms with van der Waals surface area (Å²) in [6, 6.07) is 6.66. The highest BCUT2D eigenvalue weighted by Crippen LogP contribution is 2.40. The van der Waals surface area contributed by atoms with Crippen LogP contribution in [0.3, 0.4) is 0 Å². The van der Waals surface area contributed by atoms with E-state index in [9.17, 15) is 0 Å². The summed E-state index contributed by atoms with van der Waals surface area (Å²) in [5.74, 6) is 0.886. The first kappa shape index (κ1) is 13.9. The Morgan fingerprint density at radius 3 is 2.67 bits per heavy atom. The maximum absolute atomic E-state index is 5.25. The van der Waals surface area contributed by atoms with E-state index in [0.717, 1.165) is 16.8 Å². The highest BCUT2D eigenvalue weighted by Gasteiger charge is 2.31. The summed E-state index contributed by atoms with van der Waals surface area (Å²) in [5.41, 5.74) is 1.82. The van der Waals surface area contributed by atoms with Crippen molar-refractivity contribution in [1.82, 2.24) is 5.32 Å². The van der Waals surface area contributed by atoms with Crippen LogP contribution in [-0.2, 0) is 0 Å². The Hall–Kier alpha value is -0.540. The van der Waals surface area contributed by atoms with Crippen LogP contribution in [0.2, 0.25) is 0 Å². The molecule has 0 saturated heterocycles. The molecule has 18 heavy (non-hydrogen) atoms.